The van der Waals surface area contributed by atoms with Crippen LogP contribution in [0.15, 0.2) is 48.5 Å². The van der Waals surface area contributed by atoms with Gasteiger partial charge in [-0.3, -0.25) is 9.59 Å². The molecule has 7 heteroatoms. The third-order valence-corrected chi connectivity index (χ3v) is 4.32. The van der Waals surface area contributed by atoms with Gasteiger partial charge in [-0.2, -0.15) is 0 Å². The van der Waals surface area contributed by atoms with Crippen LogP contribution >= 0.6 is 23.2 Å². The number of halogens is 2. The zero-order valence-electron chi connectivity index (χ0n) is 13.2. The minimum absolute atomic E-state index is 0.0359. The number of nitrogens with zero attached hydrogens (tertiary/aromatic N) is 1. The van der Waals surface area contributed by atoms with Gasteiger partial charge < -0.3 is 15.0 Å². The van der Waals surface area contributed by atoms with E-state index in [1.165, 1.54) is 0 Å². The van der Waals surface area contributed by atoms with E-state index in [1.807, 2.05) is 0 Å². The molecule has 1 saturated heterocycles. The van der Waals surface area contributed by atoms with Crippen molar-refractivity contribution in [1.82, 2.24) is 5.32 Å². The van der Waals surface area contributed by atoms with Crippen molar-refractivity contribution in [2.24, 2.45) is 0 Å². The second-order valence-corrected chi connectivity index (χ2v) is 6.56. The van der Waals surface area contributed by atoms with Crippen LogP contribution < -0.4 is 15.0 Å². The molecule has 0 aliphatic carbocycles. The summed E-state index contributed by atoms with van der Waals surface area (Å²) in [5.41, 5.74) is 0.767. The van der Waals surface area contributed by atoms with Crippen LogP contribution in [-0.2, 0) is 9.59 Å². The van der Waals surface area contributed by atoms with E-state index in [0.29, 0.717) is 22.3 Å². The van der Waals surface area contributed by atoms with E-state index >= 15 is 0 Å². The lowest BCUT2D eigenvalue weighted by Crippen LogP contribution is -2.39. The third-order valence-electron chi connectivity index (χ3n) is 3.81. The molecule has 1 heterocycles. The van der Waals surface area contributed by atoms with Crippen LogP contribution in [0.1, 0.15) is 6.42 Å². The fraction of sp³-hybridized carbons (Fsp3) is 0.222. The zero-order valence-corrected chi connectivity index (χ0v) is 14.8. The number of anilines is 1. The molecular weight excluding hydrogens is 363 g/mol. The molecule has 2 aromatic carbocycles. The molecule has 0 aromatic heterocycles. The maximum absolute atomic E-state index is 12.2. The molecule has 3 rings (SSSR count). The van der Waals surface area contributed by atoms with Crippen LogP contribution in [0.2, 0.25) is 10.0 Å². The van der Waals surface area contributed by atoms with Crippen molar-refractivity contribution >= 4 is 40.7 Å². The van der Waals surface area contributed by atoms with Crippen molar-refractivity contribution in [2.45, 2.75) is 12.5 Å². The molecule has 5 nitrogen and oxygen atoms in total. The number of nitrogens with one attached hydrogen (secondary N) is 1. The van der Waals surface area contributed by atoms with E-state index in [1.54, 1.807) is 53.4 Å². The highest BCUT2D eigenvalue weighted by Crippen LogP contribution is 2.23. The summed E-state index contributed by atoms with van der Waals surface area (Å²) in [5, 5.41) is 4.03. The fourth-order valence-corrected chi connectivity index (χ4v) is 2.88. The highest BCUT2D eigenvalue weighted by Gasteiger charge is 2.31. The van der Waals surface area contributed by atoms with Gasteiger partial charge in [0.2, 0.25) is 5.91 Å². The van der Waals surface area contributed by atoms with Gasteiger partial charge >= 0.3 is 0 Å². The molecule has 1 unspecified atom stereocenters. The smallest absolute Gasteiger partial charge is 0.258 e. The van der Waals surface area contributed by atoms with E-state index < -0.39 is 0 Å². The summed E-state index contributed by atoms with van der Waals surface area (Å²) in [6, 6.07) is 13.6. The first-order valence-corrected chi connectivity index (χ1v) is 8.50. The minimum Gasteiger partial charge on any atom is -0.484 e. The average molecular weight is 379 g/mol. The molecule has 1 N–H and O–H groups in total. The van der Waals surface area contributed by atoms with Gasteiger partial charge in [0.15, 0.2) is 6.61 Å². The van der Waals surface area contributed by atoms with Gasteiger partial charge in [0, 0.05) is 28.7 Å². The fourth-order valence-electron chi connectivity index (χ4n) is 2.62. The topological polar surface area (TPSA) is 58.6 Å². The van der Waals surface area contributed by atoms with Gasteiger partial charge in [0.05, 0.1) is 6.04 Å². The van der Waals surface area contributed by atoms with Crippen LogP contribution in [0.3, 0.4) is 0 Å². The number of rotatable bonds is 5. The van der Waals surface area contributed by atoms with Crippen LogP contribution in [-0.4, -0.2) is 31.0 Å². The second-order valence-electron chi connectivity index (χ2n) is 5.69. The van der Waals surface area contributed by atoms with Crippen molar-refractivity contribution in [1.29, 1.82) is 0 Å². The largest absolute Gasteiger partial charge is 0.484 e. The van der Waals surface area contributed by atoms with Gasteiger partial charge in [-0.25, -0.2) is 0 Å². The van der Waals surface area contributed by atoms with E-state index in [4.69, 9.17) is 27.9 Å². The summed E-state index contributed by atoms with van der Waals surface area (Å²) in [6.07, 6.45) is 0.259. The van der Waals surface area contributed by atoms with Gasteiger partial charge in [0.25, 0.3) is 5.91 Å². The SMILES string of the molecule is O=C(COc1ccc(Cl)cc1)NC1CC(=O)N(c2ccc(Cl)cc2)C1. The normalized spacial score (nSPS) is 16.8. The van der Waals surface area contributed by atoms with Gasteiger partial charge in [0.1, 0.15) is 5.75 Å². The van der Waals surface area contributed by atoms with Crippen LogP contribution in [0.5, 0.6) is 5.75 Å². The molecule has 2 aromatic rings. The molecule has 1 aliphatic heterocycles. The standard InChI is InChI=1S/C18H16Cl2N2O3/c19-12-1-5-15(6-2-12)22-10-14(9-18(22)24)21-17(23)11-25-16-7-3-13(20)4-8-16/h1-8,14H,9-11H2,(H,21,23). The predicted octanol–water partition coefficient (Wildman–Crippen LogP) is 3.29. The summed E-state index contributed by atoms with van der Waals surface area (Å²) >= 11 is 11.7. The molecule has 0 spiro atoms. The average Bonchev–Trinajstić information content (AvgIpc) is 2.95. The van der Waals surface area contributed by atoms with Crippen molar-refractivity contribution in [3.8, 4) is 5.75 Å². The lowest BCUT2D eigenvalue weighted by Gasteiger charge is -2.17. The lowest BCUT2D eigenvalue weighted by atomic mass is 10.2. The van der Waals surface area contributed by atoms with Gasteiger partial charge in [-0.1, -0.05) is 23.2 Å². The highest BCUT2D eigenvalue weighted by atomic mass is 35.5. The van der Waals surface area contributed by atoms with Crippen molar-refractivity contribution < 1.29 is 14.3 Å². The first-order valence-electron chi connectivity index (χ1n) is 7.75. The molecule has 1 aliphatic rings. The summed E-state index contributed by atoms with van der Waals surface area (Å²) in [5.74, 6) is 0.252. The molecule has 0 saturated carbocycles. The molecular formula is C18H16Cl2N2O3. The summed E-state index contributed by atoms with van der Waals surface area (Å²) in [4.78, 5) is 25.8. The molecule has 0 radical (unpaired) electrons. The summed E-state index contributed by atoms with van der Waals surface area (Å²) in [6.45, 7) is 0.306. The van der Waals surface area contributed by atoms with Crippen molar-refractivity contribution in [3.05, 3.63) is 58.6 Å². The maximum atomic E-state index is 12.2. The molecule has 2 amide bonds. The Bertz CT molecular complexity index is 763. The van der Waals surface area contributed by atoms with E-state index in [0.717, 1.165) is 5.69 Å². The number of hydrogen-bond acceptors (Lipinski definition) is 3. The Morgan fingerprint density at radius 1 is 1.08 bits per heavy atom. The maximum Gasteiger partial charge on any atom is 0.258 e. The lowest BCUT2D eigenvalue weighted by molar-refractivity contribution is -0.123. The Hall–Kier alpha value is -2.24. The molecule has 130 valence electrons. The summed E-state index contributed by atoms with van der Waals surface area (Å²) in [7, 11) is 0. The first kappa shape index (κ1) is 17.6. The predicted molar refractivity (Wildman–Crippen MR) is 97.3 cm³/mol. The molecule has 1 fully saturated rings. The Morgan fingerprint density at radius 3 is 2.32 bits per heavy atom. The molecule has 1 atom stereocenters. The Labute approximate surface area is 155 Å². The van der Waals surface area contributed by atoms with Crippen LogP contribution in [0, 0.1) is 0 Å². The Kier molecular flexibility index (Phi) is 5.46. The number of carbonyl (C=O) groups is 2. The van der Waals surface area contributed by atoms with Crippen LogP contribution in [0.4, 0.5) is 5.69 Å². The number of hydrogen-bond donors (Lipinski definition) is 1. The number of carbonyl (C=O) groups excluding carboxylic acids is 2. The molecule has 25 heavy (non-hydrogen) atoms. The third kappa shape index (κ3) is 4.65. The highest BCUT2D eigenvalue weighted by molar-refractivity contribution is 6.30. The Morgan fingerprint density at radius 2 is 1.68 bits per heavy atom. The van der Waals surface area contributed by atoms with Gasteiger partial charge in [-0.15, -0.1) is 0 Å². The van der Waals surface area contributed by atoms with E-state index in [-0.39, 0.29) is 30.9 Å². The minimum atomic E-state index is -0.272. The Balaban J connectivity index is 1.51. The second kappa shape index (κ2) is 7.76. The van der Waals surface area contributed by atoms with Gasteiger partial charge in [-0.05, 0) is 48.5 Å². The summed E-state index contributed by atoms with van der Waals surface area (Å²) < 4.78 is 5.40. The van der Waals surface area contributed by atoms with E-state index in [9.17, 15) is 9.59 Å². The van der Waals surface area contributed by atoms with Crippen molar-refractivity contribution in [3.63, 3.8) is 0 Å². The van der Waals surface area contributed by atoms with E-state index in [2.05, 4.69) is 5.32 Å². The van der Waals surface area contributed by atoms with Crippen molar-refractivity contribution in [2.75, 3.05) is 18.1 Å². The number of ether oxygens (including phenoxy) is 1. The number of amides is 2. The molecule has 0 bridgehead atoms. The monoisotopic (exact) mass is 378 g/mol. The first-order chi connectivity index (χ1) is 12.0. The number of benzene rings is 2. The zero-order chi connectivity index (χ0) is 17.8. The van der Waals surface area contributed by atoms with Crippen LogP contribution in [0.25, 0.3) is 0 Å². The quantitative estimate of drug-likeness (QED) is 0.868.